The number of benzene rings is 2. The molecule has 0 unspecified atom stereocenters. The van der Waals surface area contributed by atoms with E-state index in [-0.39, 0.29) is 0 Å². The van der Waals surface area contributed by atoms with E-state index in [1.807, 2.05) is 42.5 Å². The molecule has 2 aromatic rings. The molecular formula is C13H11Br2NO. The van der Waals surface area contributed by atoms with Crippen LogP contribution in [0, 0.1) is 0 Å². The topological polar surface area (TPSA) is 35.2 Å². The first-order chi connectivity index (χ1) is 8.13. The highest BCUT2D eigenvalue weighted by molar-refractivity contribution is 9.10. The molecule has 0 spiro atoms. The van der Waals surface area contributed by atoms with Crippen molar-refractivity contribution in [3.8, 4) is 5.75 Å². The second kappa shape index (κ2) is 5.56. The normalized spacial score (nSPS) is 10.2. The number of nitrogen functional groups attached to an aromatic ring is 1. The van der Waals surface area contributed by atoms with E-state index in [2.05, 4.69) is 31.9 Å². The van der Waals surface area contributed by atoms with Gasteiger partial charge in [0, 0.05) is 20.7 Å². The SMILES string of the molecule is Nc1cc(Br)cc(OCc2cccc(Br)c2)c1. The second-order valence-electron chi connectivity index (χ2n) is 3.64. The summed E-state index contributed by atoms with van der Waals surface area (Å²) in [6.07, 6.45) is 0. The van der Waals surface area contributed by atoms with Crippen molar-refractivity contribution in [1.29, 1.82) is 0 Å². The van der Waals surface area contributed by atoms with Gasteiger partial charge in [0.25, 0.3) is 0 Å². The molecule has 2 aromatic carbocycles. The Morgan fingerprint density at radius 1 is 1.00 bits per heavy atom. The predicted molar refractivity (Wildman–Crippen MR) is 77.0 cm³/mol. The Bertz CT molecular complexity index is 508. The predicted octanol–water partition coefficient (Wildman–Crippen LogP) is 4.37. The molecule has 0 aliphatic rings. The molecule has 2 rings (SSSR count). The van der Waals surface area contributed by atoms with Gasteiger partial charge in [-0.05, 0) is 29.8 Å². The van der Waals surface area contributed by atoms with Crippen LogP contribution in [0.3, 0.4) is 0 Å². The summed E-state index contributed by atoms with van der Waals surface area (Å²) in [7, 11) is 0. The number of hydrogen-bond donors (Lipinski definition) is 1. The first kappa shape index (κ1) is 12.5. The molecule has 0 bridgehead atoms. The third-order valence-corrected chi connectivity index (χ3v) is 3.14. The molecule has 0 atom stereocenters. The smallest absolute Gasteiger partial charge is 0.122 e. The second-order valence-corrected chi connectivity index (χ2v) is 5.47. The average molecular weight is 357 g/mol. The van der Waals surface area contributed by atoms with Gasteiger partial charge in [-0.3, -0.25) is 0 Å². The van der Waals surface area contributed by atoms with E-state index in [0.717, 1.165) is 20.3 Å². The summed E-state index contributed by atoms with van der Waals surface area (Å²) in [5, 5.41) is 0. The third-order valence-electron chi connectivity index (χ3n) is 2.19. The fourth-order valence-corrected chi connectivity index (χ4v) is 2.40. The average Bonchev–Trinajstić information content (AvgIpc) is 2.25. The Kier molecular flexibility index (Phi) is 4.07. The van der Waals surface area contributed by atoms with Gasteiger partial charge < -0.3 is 10.5 Å². The Morgan fingerprint density at radius 2 is 1.82 bits per heavy atom. The fourth-order valence-electron chi connectivity index (χ4n) is 1.46. The van der Waals surface area contributed by atoms with Crippen LogP contribution in [0.15, 0.2) is 51.4 Å². The van der Waals surface area contributed by atoms with Gasteiger partial charge >= 0.3 is 0 Å². The molecule has 4 heteroatoms. The van der Waals surface area contributed by atoms with Crippen LogP contribution in [0.25, 0.3) is 0 Å². The number of halogens is 2. The van der Waals surface area contributed by atoms with Crippen molar-refractivity contribution in [3.05, 3.63) is 57.0 Å². The van der Waals surface area contributed by atoms with Crippen LogP contribution in [0.1, 0.15) is 5.56 Å². The molecule has 0 aromatic heterocycles. The van der Waals surface area contributed by atoms with Gasteiger partial charge in [0.15, 0.2) is 0 Å². The molecule has 0 heterocycles. The highest BCUT2D eigenvalue weighted by Gasteiger charge is 1.99. The number of hydrogen-bond acceptors (Lipinski definition) is 2. The van der Waals surface area contributed by atoms with Crippen LogP contribution in [-0.2, 0) is 6.61 Å². The Hall–Kier alpha value is -1.00. The quantitative estimate of drug-likeness (QED) is 0.828. The molecule has 0 aliphatic carbocycles. The van der Waals surface area contributed by atoms with E-state index in [4.69, 9.17) is 10.5 Å². The molecule has 0 saturated carbocycles. The lowest BCUT2D eigenvalue weighted by atomic mass is 10.2. The summed E-state index contributed by atoms with van der Waals surface area (Å²) < 4.78 is 7.64. The Labute approximate surface area is 117 Å². The largest absolute Gasteiger partial charge is 0.489 e. The first-order valence-corrected chi connectivity index (χ1v) is 6.65. The fraction of sp³-hybridized carbons (Fsp3) is 0.0769. The van der Waals surface area contributed by atoms with Crippen molar-refractivity contribution in [2.45, 2.75) is 6.61 Å². The maximum absolute atomic E-state index is 5.74. The summed E-state index contributed by atoms with van der Waals surface area (Å²) in [4.78, 5) is 0. The van der Waals surface area contributed by atoms with Crippen molar-refractivity contribution >= 4 is 37.5 Å². The summed E-state index contributed by atoms with van der Waals surface area (Å²) in [5.41, 5.74) is 7.53. The van der Waals surface area contributed by atoms with Crippen molar-refractivity contribution in [2.24, 2.45) is 0 Å². The Balaban J connectivity index is 2.07. The summed E-state index contributed by atoms with van der Waals surface area (Å²) >= 11 is 6.81. The maximum atomic E-state index is 5.74. The van der Waals surface area contributed by atoms with E-state index in [9.17, 15) is 0 Å². The van der Waals surface area contributed by atoms with Crippen LogP contribution in [-0.4, -0.2) is 0 Å². The van der Waals surface area contributed by atoms with Gasteiger partial charge in [-0.25, -0.2) is 0 Å². The zero-order valence-electron chi connectivity index (χ0n) is 8.99. The summed E-state index contributed by atoms with van der Waals surface area (Å²) in [6.45, 7) is 0.523. The number of rotatable bonds is 3. The zero-order chi connectivity index (χ0) is 12.3. The van der Waals surface area contributed by atoms with Crippen LogP contribution in [0.4, 0.5) is 5.69 Å². The molecule has 2 nitrogen and oxygen atoms in total. The van der Waals surface area contributed by atoms with E-state index >= 15 is 0 Å². The molecular weight excluding hydrogens is 346 g/mol. The molecule has 2 N–H and O–H groups in total. The van der Waals surface area contributed by atoms with Gasteiger partial charge in [-0.1, -0.05) is 44.0 Å². The number of anilines is 1. The van der Waals surface area contributed by atoms with Crippen LogP contribution in [0.5, 0.6) is 5.75 Å². The minimum absolute atomic E-state index is 0.523. The first-order valence-electron chi connectivity index (χ1n) is 5.07. The van der Waals surface area contributed by atoms with Crippen molar-refractivity contribution in [3.63, 3.8) is 0 Å². The Morgan fingerprint density at radius 3 is 2.53 bits per heavy atom. The van der Waals surface area contributed by atoms with E-state index < -0.39 is 0 Å². The van der Waals surface area contributed by atoms with Crippen molar-refractivity contribution in [1.82, 2.24) is 0 Å². The number of nitrogens with two attached hydrogens (primary N) is 1. The van der Waals surface area contributed by atoms with Gasteiger partial charge in [-0.15, -0.1) is 0 Å². The molecule has 17 heavy (non-hydrogen) atoms. The summed E-state index contributed by atoms with van der Waals surface area (Å²) in [5.74, 6) is 0.761. The number of ether oxygens (including phenoxy) is 1. The van der Waals surface area contributed by atoms with Crippen LogP contribution >= 0.6 is 31.9 Å². The monoisotopic (exact) mass is 355 g/mol. The van der Waals surface area contributed by atoms with Gasteiger partial charge in [-0.2, -0.15) is 0 Å². The van der Waals surface area contributed by atoms with Crippen molar-refractivity contribution in [2.75, 3.05) is 5.73 Å². The van der Waals surface area contributed by atoms with E-state index in [1.54, 1.807) is 0 Å². The molecule has 88 valence electrons. The highest BCUT2D eigenvalue weighted by Crippen LogP contribution is 2.23. The van der Waals surface area contributed by atoms with Crippen LogP contribution in [0.2, 0.25) is 0 Å². The minimum atomic E-state index is 0.523. The standard InChI is InChI=1S/C13H11Br2NO/c14-10-3-1-2-9(4-10)8-17-13-6-11(15)5-12(16)7-13/h1-7H,8,16H2. The lowest BCUT2D eigenvalue weighted by Crippen LogP contribution is -1.96. The molecule has 0 saturated heterocycles. The zero-order valence-corrected chi connectivity index (χ0v) is 12.2. The molecule has 0 fully saturated rings. The molecule has 0 aliphatic heterocycles. The minimum Gasteiger partial charge on any atom is -0.489 e. The van der Waals surface area contributed by atoms with Crippen LogP contribution < -0.4 is 10.5 Å². The third kappa shape index (κ3) is 3.75. The highest BCUT2D eigenvalue weighted by atomic mass is 79.9. The lowest BCUT2D eigenvalue weighted by molar-refractivity contribution is 0.306. The van der Waals surface area contributed by atoms with Gasteiger partial charge in [0.1, 0.15) is 12.4 Å². The maximum Gasteiger partial charge on any atom is 0.122 e. The summed E-state index contributed by atoms with van der Waals surface area (Å²) in [6, 6.07) is 13.6. The molecule has 0 amide bonds. The van der Waals surface area contributed by atoms with Gasteiger partial charge in [0.05, 0.1) is 0 Å². The lowest BCUT2D eigenvalue weighted by Gasteiger charge is -2.08. The van der Waals surface area contributed by atoms with Crippen molar-refractivity contribution < 1.29 is 4.74 Å². The van der Waals surface area contributed by atoms with E-state index in [0.29, 0.717) is 12.3 Å². The van der Waals surface area contributed by atoms with Gasteiger partial charge in [0.2, 0.25) is 0 Å². The molecule has 0 radical (unpaired) electrons. The van der Waals surface area contributed by atoms with E-state index in [1.165, 1.54) is 0 Å².